The highest BCUT2D eigenvalue weighted by Gasteiger charge is 2.45. The number of unbranched alkanes of at least 4 members (excludes halogenated alkanes) is 1. The highest BCUT2D eigenvalue weighted by atomic mass is 35.5. The minimum absolute atomic E-state index is 0.0171. The van der Waals surface area contributed by atoms with Gasteiger partial charge < -0.3 is 10.2 Å². The van der Waals surface area contributed by atoms with Crippen LogP contribution < -0.4 is 5.32 Å². The van der Waals surface area contributed by atoms with Crippen LogP contribution in [0.2, 0.25) is 5.02 Å². The summed E-state index contributed by atoms with van der Waals surface area (Å²) in [6.45, 7) is 6.74. The van der Waals surface area contributed by atoms with Gasteiger partial charge in [0, 0.05) is 41.4 Å². The lowest BCUT2D eigenvalue weighted by Crippen LogP contribution is -2.47. The van der Waals surface area contributed by atoms with Gasteiger partial charge in [0.2, 0.25) is 11.8 Å². The molecule has 1 aliphatic heterocycles. The van der Waals surface area contributed by atoms with Crippen LogP contribution in [0.15, 0.2) is 35.5 Å². The van der Waals surface area contributed by atoms with Crippen molar-refractivity contribution in [1.82, 2.24) is 4.90 Å². The summed E-state index contributed by atoms with van der Waals surface area (Å²) in [7, 11) is 0. The van der Waals surface area contributed by atoms with E-state index in [4.69, 9.17) is 11.6 Å². The van der Waals surface area contributed by atoms with Crippen LogP contribution in [0.5, 0.6) is 0 Å². The van der Waals surface area contributed by atoms with Crippen LogP contribution in [0.4, 0.5) is 5.69 Å². The maximum atomic E-state index is 13.0. The van der Waals surface area contributed by atoms with Crippen LogP contribution in [-0.2, 0) is 14.4 Å². The molecular formula is C22H27ClN2O3. The first kappa shape index (κ1) is 20.6. The standard InChI is InChI=1S/C22H27ClN2O3/c1-4-5-10-25-17-12-22(2,3)13-18(26)20(17)16(11-19(25)27)21(28)24-15-8-6-14(23)7-9-15/h6-9,16H,4-5,10-13H2,1-3H3,(H,24,28). The van der Waals surface area contributed by atoms with Crippen molar-refractivity contribution < 1.29 is 14.4 Å². The van der Waals surface area contributed by atoms with Crippen LogP contribution in [-0.4, -0.2) is 29.0 Å². The summed E-state index contributed by atoms with van der Waals surface area (Å²) in [4.78, 5) is 40.6. The number of halogens is 1. The number of hydrogen-bond acceptors (Lipinski definition) is 3. The SMILES string of the molecule is CCCCN1C(=O)CC(C(=O)Nc2ccc(Cl)cc2)C2=C1CC(C)(C)CC2=O. The molecule has 1 N–H and O–H groups in total. The number of amides is 2. The van der Waals surface area contributed by atoms with Crippen molar-refractivity contribution in [3.05, 3.63) is 40.6 Å². The van der Waals surface area contributed by atoms with Gasteiger partial charge in [0.1, 0.15) is 0 Å². The molecule has 0 spiro atoms. The molecule has 0 saturated heterocycles. The van der Waals surface area contributed by atoms with Gasteiger partial charge in [-0.25, -0.2) is 0 Å². The molecule has 1 aromatic rings. The van der Waals surface area contributed by atoms with E-state index in [1.807, 2.05) is 13.8 Å². The number of ketones is 1. The Kier molecular flexibility index (Phi) is 5.94. The average molecular weight is 403 g/mol. The van der Waals surface area contributed by atoms with Crippen LogP contribution >= 0.6 is 11.6 Å². The highest BCUT2D eigenvalue weighted by molar-refractivity contribution is 6.30. The molecule has 3 rings (SSSR count). The van der Waals surface area contributed by atoms with Gasteiger partial charge in [0.15, 0.2) is 5.78 Å². The topological polar surface area (TPSA) is 66.5 Å². The maximum Gasteiger partial charge on any atom is 0.232 e. The van der Waals surface area contributed by atoms with E-state index in [-0.39, 0.29) is 29.4 Å². The minimum atomic E-state index is -0.736. The van der Waals surface area contributed by atoms with Gasteiger partial charge in [-0.1, -0.05) is 38.8 Å². The van der Waals surface area contributed by atoms with E-state index in [1.54, 1.807) is 29.2 Å². The second-order valence-corrected chi connectivity index (χ2v) is 8.89. The number of allylic oxidation sites excluding steroid dienone is 1. The van der Waals surface area contributed by atoms with Crippen molar-refractivity contribution in [2.75, 3.05) is 11.9 Å². The molecule has 6 heteroatoms. The number of hydrogen-bond donors (Lipinski definition) is 1. The molecular weight excluding hydrogens is 376 g/mol. The smallest absolute Gasteiger partial charge is 0.232 e. The number of Topliss-reactive ketones (excluding diaryl/α,β-unsaturated/α-hetero) is 1. The van der Waals surface area contributed by atoms with Crippen LogP contribution in [0.25, 0.3) is 0 Å². The lowest BCUT2D eigenvalue weighted by atomic mass is 9.70. The van der Waals surface area contributed by atoms with Gasteiger partial charge in [0.25, 0.3) is 0 Å². The molecule has 0 saturated carbocycles. The quantitative estimate of drug-likeness (QED) is 0.784. The predicted octanol–water partition coefficient (Wildman–Crippen LogP) is 4.57. The lowest BCUT2D eigenvalue weighted by molar-refractivity contribution is -0.136. The zero-order valence-corrected chi connectivity index (χ0v) is 17.4. The van der Waals surface area contributed by atoms with E-state index in [0.29, 0.717) is 35.7 Å². The van der Waals surface area contributed by atoms with Crippen LogP contribution in [0.3, 0.4) is 0 Å². The number of carbonyl (C=O) groups is 3. The van der Waals surface area contributed by atoms with Gasteiger partial charge in [0.05, 0.1) is 5.92 Å². The summed E-state index contributed by atoms with van der Waals surface area (Å²) in [5, 5.41) is 3.41. The largest absolute Gasteiger partial charge is 0.326 e. The fourth-order valence-electron chi connectivity index (χ4n) is 4.04. The molecule has 2 amide bonds. The maximum absolute atomic E-state index is 13.0. The van der Waals surface area contributed by atoms with Crippen LogP contribution in [0.1, 0.15) is 52.9 Å². The Morgan fingerprint density at radius 2 is 1.89 bits per heavy atom. The Morgan fingerprint density at radius 1 is 1.21 bits per heavy atom. The predicted molar refractivity (Wildman–Crippen MR) is 110 cm³/mol. The van der Waals surface area contributed by atoms with E-state index in [1.165, 1.54) is 0 Å². The zero-order chi connectivity index (χ0) is 20.5. The minimum Gasteiger partial charge on any atom is -0.326 e. The van der Waals surface area contributed by atoms with E-state index >= 15 is 0 Å². The molecule has 1 unspecified atom stereocenters. The first-order valence-corrected chi connectivity index (χ1v) is 10.2. The Hall–Kier alpha value is -2.14. The summed E-state index contributed by atoms with van der Waals surface area (Å²) < 4.78 is 0. The summed E-state index contributed by atoms with van der Waals surface area (Å²) in [6.07, 6.45) is 2.90. The third-order valence-electron chi connectivity index (χ3n) is 5.41. The number of benzene rings is 1. The molecule has 0 fully saturated rings. The second-order valence-electron chi connectivity index (χ2n) is 8.45. The summed E-state index contributed by atoms with van der Waals surface area (Å²) in [6, 6.07) is 6.79. The summed E-state index contributed by atoms with van der Waals surface area (Å²) in [5.41, 5.74) is 1.67. The Labute approximate surface area is 171 Å². The summed E-state index contributed by atoms with van der Waals surface area (Å²) in [5.74, 6) is -1.14. The molecule has 1 heterocycles. The van der Waals surface area contributed by atoms with Crippen molar-refractivity contribution in [3.8, 4) is 0 Å². The zero-order valence-electron chi connectivity index (χ0n) is 16.7. The van der Waals surface area contributed by atoms with E-state index in [9.17, 15) is 14.4 Å². The van der Waals surface area contributed by atoms with Crippen molar-refractivity contribution in [2.24, 2.45) is 11.3 Å². The first-order chi connectivity index (χ1) is 13.2. The molecule has 1 aliphatic carbocycles. The van der Waals surface area contributed by atoms with Crippen molar-refractivity contribution in [3.63, 3.8) is 0 Å². The van der Waals surface area contributed by atoms with Gasteiger partial charge in [-0.2, -0.15) is 0 Å². The van der Waals surface area contributed by atoms with Crippen molar-refractivity contribution >= 4 is 34.9 Å². The molecule has 1 aromatic carbocycles. The Morgan fingerprint density at radius 3 is 2.54 bits per heavy atom. The van der Waals surface area contributed by atoms with E-state index in [0.717, 1.165) is 18.5 Å². The Bertz CT molecular complexity index is 827. The van der Waals surface area contributed by atoms with E-state index < -0.39 is 5.92 Å². The van der Waals surface area contributed by atoms with Gasteiger partial charge in [-0.05, 0) is 42.5 Å². The molecule has 0 aromatic heterocycles. The molecule has 2 aliphatic rings. The highest BCUT2D eigenvalue weighted by Crippen LogP contribution is 2.44. The number of nitrogens with zero attached hydrogens (tertiary/aromatic N) is 1. The number of rotatable bonds is 5. The third kappa shape index (κ3) is 4.30. The number of carbonyl (C=O) groups excluding carboxylic acids is 3. The first-order valence-electron chi connectivity index (χ1n) is 9.85. The molecule has 0 radical (unpaired) electrons. The molecule has 5 nitrogen and oxygen atoms in total. The fourth-order valence-corrected chi connectivity index (χ4v) is 4.16. The molecule has 0 bridgehead atoms. The number of anilines is 1. The monoisotopic (exact) mass is 402 g/mol. The van der Waals surface area contributed by atoms with Crippen LogP contribution in [0, 0.1) is 11.3 Å². The average Bonchev–Trinajstić information content (AvgIpc) is 2.61. The third-order valence-corrected chi connectivity index (χ3v) is 5.67. The lowest BCUT2D eigenvalue weighted by Gasteiger charge is -2.42. The molecule has 150 valence electrons. The van der Waals surface area contributed by atoms with Gasteiger partial charge in [-0.15, -0.1) is 0 Å². The van der Waals surface area contributed by atoms with Gasteiger partial charge >= 0.3 is 0 Å². The molecule has 1 atom stereocenters. The fraction of sp³-hybridized carbons (Fsp3) is 0.500. The Balaban J connectivity index is 1.94. The number of nitrogens with one attached hydrogen (secondary N) is 1. The summed E-state index contributed by atoms with van der Waals surface area (Å²) >= 11 is 5.90. The molecule has 28 heavy (non-hydrogen) atoms. The van der Waals surface area contributed by atoms with Crippen molar-refractivity contribution in [2.45, 2.75) is 52.9 Å². The van der Waals surface area contributed by atoms with E-state index in [2.05, 4.69) is 12.2 Å². The van der Waals surface area contributed by atoms with Gasteiger partial charge in [-0.3, -0.25) is 14.4 Å². The van der Waals surface area contributed by atoms with Crippen molar-refractivity contribution in [1.29, 1.82) is 0 Å². The second kappa shape index (κ2) is 8.08. The normalized spacial score (nSPS) is 21.6.